The average Bonchev–Trinajstić information content (AvgIpc) is 2.69. The van der Waals surface area contributed by atoms with Gasteiger partial charge in [-0.15, -0.1) is 0 Å². The molecule has 0 aliphatic carbocycles. The molecular weight excluding hydrogens is 326 g/mol. The van der Waals surface area contributed by atoms with Crippen molar-refractivity contribution in [3.8, 4) is 5.75 Å². The van der Waals surface area contributed by atoms with Crippen LogP contribution in [-0.2, 0) is 17.9 Å². The number of hydrogen-bond acceptors (Lipinski definition) is 3. The summed E-state index contributed by atoms with van der Waals surface area (Å²) in [5, 5.41) is 6.55. The van der Waals surface area contributed by atoms with Gasteiger partial charge in [-0.05, 0) is 37.1 Å². The van der Waals surface area contributed by atoms with Crippen LogP contribution in [0.2, 0.25) is 0 Å². The molecule has 0 heterocycles. The third-order valence-electron chi connectivity index (χ3n) is 3.67. The van der Waals surface area contributed by atoms with Crippen molar-refractivity contribution in [2.24, 2.45) is 4.99 Å². The summed E-state index contributed by atoms with van der Waals surface area (Å²) < 4.78 is 11.1. The molecule has 0 fully saturated rings. The highest BCUT2D eigenvalue weighted by molar-refractivity contribution is 5.79. The maximum absolute atomic E-state index is 5.69. The molecule has 0 unspecified atom stereocenters. The zero-order valence-electron chi connectivity index (χ0n) is 15.7. The van der Waals surface area contributed by atoms with Crippen LogP contribution in [0.5, 0.6) is 5.75 Å². The molecule has 0 atom stereocenters. The number of para-hydroxylation sites is 1. The van der Waals surface area contributed by atoms with Crippen LogP contribution < -0.4 is 15.4 Å². The highest BCUT2D eigenvalue weighted by Crippen LogP contribution is 2.08. The van der Waals surface area contributed by atoms with Gasteiger partial charge >= 0.3 is 0 Å². The van der Waals surface area contributed by atoms with E-state index in [0.29, 0.717) is 26.3 Å². The largest absolute Gasteiger partial charge is 0.492 e. The Morgan fingerprint density at radius 3 is 2.35 bits per heavy atom. The number of hydrogen-bond donors (Lipinski definition) is 2. The molecule has 0 aliphatic rings. The molecule has 0 bridgehead atoms. The molecule has 0 saturated heterocycles. The van der Waals surface area contributed by atoms with Crippen molar-refractivity contribution in [2.45, 2.75) is 27.0 Å². The third-order valence-corrected chi connectivity index (χ3v) is 3.67. The number of nitrogens with zero attached hydrogens (tertiary/aromatic N) is 1. The summed E-state index contributed by atoms with van der Waals surface area (Å²) in [6.45, 7) is 8.17. The minimum atomic E-state index is 0.584. The highest BCUT2D eigenvalue weighted by atomic mass is 16.5. The van der Waals surface area contributed by atoms with Gasteiger partial charge in [0.05, 0.1) is 19.7 Å². The summed E-state index contributed by atoms with van der Waals surface area (Å²) in [6, 6.07) is 18.2. The first-order valence-corrected chi connectivity index (χ1v) is 9.17. The van der Waals surface area contributed by atoms with E-state index >= 15 is 0 Å². The quantitative estimate of drug-likeness (QED) is 0.390. The number of ether oxygens (including phenoxy) is 2. The Hall–Kier alpha value is -2.53. The first-order valence-electron chi connectivity index (χ1n) is 9.17. The van der Waals surface area contributed by atoms with Gasteiger partial charge in [-0.2, -0.15) is 0 Å². The van der Waals surface area contributed by atoms with Gasteiger partial charge in [0.25, 0.3) is 0 Å². The molecular formula is C21H29N3O2. The molecule has 2 aromatic rings. The smallest absolute Gasteiger partial charge is 0.191 e. The standard InChI is InChI=1S/C21H29N3O2/c1-3-22-21(23-14-15-26-20-8-6-5-7-9-20)24-16-18-10-12-19(13-11-18)17-25-4-2/h5-13H,3-4,14-17H2,1-2H3,(H2,22,23,24). The van der Waals surface area contributed by atoms with Gasteiger partial charge in [-0.25, -0.2) is 4.99 Å². The minimum absolute atomic E-state index is 0.584. The van der Waals surface area contributed by atoms with Crippen molar-refractivity contribution in [3.05, 3.63) is 65.7 Å². The van der Waals surface area contributed by atoms with Gasteiger partial charge in [0.15, 0.2) is 5.96 Å². The lowest BCUT2D eigenvalue weighted by atomic mass is 10.1. The average molecular weight is 355 g/mol. The number of guanidine groups is 1. The fourth-order valence-corrected chi connectivity index (χ4v) is 2.33. The lowest BCUT2D eigenvalue weighted by molar-refractivity contribution is 0.134. The second-order valence-electron chi connectivity index (χ2n) is 5.74. The second-order valence-corrected chi connectivity index (χ2v) is 5.74. The summed E-state index contributed by atoms with van der Waals surface area (Å²) in [4.78, 5) is 4.63. The van der Waals surface area contributed by atoms with Crippen LogP contribution in [-0.4, -0.2) is 32.3 Å². The van der Waals surface area contributed by atoms with Gasteiger partial charge in [-0.3, -0.25) is 0 Å². The Kier molecular flexibility index (Phi) is 9.08. The summed E-state index contributed by atoms with van der Waals surface area (Å²) in [5.74, 6) is 1.67. The topological polar surface area (TPSA) is 54.9 Å². The molecule has 0 saturated carbocycles. The van der Waals surface area contributed by atoms with Gasteiger partial charge < -0.3 is 20.1 Å². The number of nitrogens with one attached hydrogen (secondary N) is 2. The molecule has 2 aromatic carbocycles. The highest BCUT2D eigenvalue weighted by Gasteiger charge is 1.99. The van der Waals surface area contributed by atoms with E-state index in [2.05, 4.69) is 46.8 Å². The Bertz CT molecular complexity index is 642. The molecule has 5 heteroatoms. The van der Waals surface area contributed by atoms with E-state index in [0.717, 1.165) is 24.9 Å². The summed E-state index contributed by atoms with van der Waals surface area (Å²) >= 11 is 0. The Morgan fingerprint density at radius 1 is 0.923 bits per heavy atom. The molecule has 0 aromatic heterocycles. The predicted octanol–water partition coefficient (Wildman–Crippen LogP) is 3.36. The monoisotopic (exact) mass is 355 g/mol. The van der Waals surface area contributed by atoms with E-state index in [4.69, 9.17) is 9.47 Å². The lowest BCUT2D eigenvalue weighted by Crippen LogP contribution is -2.39. The summed E-state index contributed by atoms with van der Waals surface area (Å²) in [6.07, 6.45) is 0. The second kappa shape index (κ2) is 11.9. The molecule has 2 N–H and O–H groups in total. The number of benzene rings is 2. The van der Waals surface area contributed by atoms with Gasteiger partial charge in [0.2, 0.25) is 0 Å². The SMILES string of the molecule is CCNC(=NCc1ccc(COCC)cc1)NCCOc1ccccc1. The van der Waals surface area contributed by atoms with Gasteiger partial charge in [0.1, 0.15) is 12.4 Å². The van der Waals surface area contributed by atoms with E-state index in [1.54, 1.807) is 0 Å². The zero-order chi connectivity index (χ0) is 18.5. The zero-order valence-corrected chi connectivity index (χ0v) is 15.7. The summed E-state index contributed by atoms with van der Waals surface area (Å²) in [5.41, 5.74) is 2.35. The molecule has 0 radical (unpaired) electrons. The fourth-order valence-electron chi connectivity index (χ4n) is 2.33. The number of rotatable bonds is 10. The van der Waals surface area contributed by atoms with Crippen molar-refractivity contribution < 1.29 is 9.47 Å². The van der Waals surface area contributed by atoms with Crippen molar-refractivity contribution in [2.75, 3.05) is 26.3 Å². The van der Waals surface area contributed by atoms with Crippen LogP contribution in [0.25, 0.3) is 0 Å². The minimum Gasteiger partial charge on any atom is -0.492 e. The molecule has 0 aliphatic heterocycles. The van der Waals surface area contributed by atoms with Crippen molar-refractivity contribution in [3.63, 3.8) is 0 Å². The molecule has 0 amide bonds. The van der Waals surface area contributed by atoms with Gasteiger partial charge in [0, 0.05) is 13.2 Å². The third kappa shape index (κ3) is 7.57. The first kappa shape index (κ1) is 19.8. The molecule has 2 rings (SSSR count). The molecule has 140 valence electrons. The van der Waals surface area contributed by atoms with Crippen molar-refractivity contribution in [1.82, 2.24) is 10.6 Å². The van der Waals surface area contributed by atoms with Crippen LogP contribution >= 0.6 is 0 Å². The normalized spacial score (nSPS) is 11.2. The van der Waals surface area contributed by atoms with E-state index in [1.165, 1.54) is 11.1 Å². The Balaban J connectivity index is 1.78. The van der Waals surface area contributed by atoms with Crippen LogP contribution in [0.1, 0.15) is 25.0 Å². The van der Waals surface area contributed by atoms with Crippen LogP contribution in [0, 0.1) is 0 Å². The molecule has 26 heavy (non-hydrogen) atoms. The first-order chi connectivity index (χ1) is 12.8. The van der Waals surface area contributed by atoms with Crippen molar-refractivity contribution in [1.29, 1.82) is 0 Å². The summed E-state index contributed by atoms with van der Waals surface area (Å²) in [7, 11) is 0. The van der Waals surface area contributed by atoms with Crippen molar-refractivity contribution >= 4 is 5.96 Å². The number of aliphatic imine (C=N–C) groups is 1. The molecule has 5 nitrogen and oxygen atoms in total. The van der Waals surface area contributed by atoms with Crippen LogP contribution in [0.15, 0.2) is 59.6 Å². The van der Waals surface area contributed by atoms with E-state index < -0.39 is 0 Å². The van der Waals surface area contributed by atoms with Crippen LogP contribution in [0.4, 0.5) is 0 Å². The lowest BCUT2D eigenvalue weighted by Gasteiger charge is -2.12. The van der Waals surface area contributed by atoms with Gasteiger partial charge in [-0.1, -0.05) is 42.5 Å². The van der Waals surface area contributed by atoms with E-state index in [1.807, 2.05) is 37.3 Å². The molecule has 0 spiro atoms. The maximum Gasteiger partial charge on any atom is 0.191 e. The Morgan fingerprint density at radius 2 is 1.65 bits per heavy atom. The predicted molar refractivity (Wildman–Crippen MR) is 107 cm³/mol. The fraction of sp³-hybridized carbons (Fsp3) is 0.381. The Labute approximate surface area is 156 Å². The van der Waals surface area contributed by atoms with Crippen LogP contribution in [0.3, 0.4) is 0 Å². The van der Waals surface area contributed by atoms with E-state index in [-0.39, 0.29) is 0 Å². The maximum atomic E-state index is 5.69. The van der Waals surface area contributed by atoms with E-state index in [9.17, 15) is 0 Å².